The first kappa shape index (κ1) is 15.4. The molecule has 0 bridgehead atoms. The van der Waals surface area contributed by atoms with Gasteiger partial charge in [-0.2, -0.15) is 0 Å². The SMILES string of the molecule is C=C(CCCCCCCCCCC)C(C)=O. The van der Waals surface area contributed by atoms with Gasteiger partial charge in [0, 0.05) is 0 Å². The van der Waals surface area contributed by atoms with E-state index in [1.54, 1.807) is 6.92 Å². The second kappa shape index (κ2) is 10.9. The van der Waals surface area contributed by atoms with Crippen molar-refractivity contribution in [3.8, 4) is 0 Å². The lowest BCUT2D eigenvalue weighted by Crippen LogP contribution is -1.94. The van der Waals surface area contributed by atoms with Crippen LogP contribution in [-0.2, 0) is 4.79 Å². The van der Waals surface area contributed by atoms with Gasteiger partial charge in [-0.25, -0.2) is 0 Å². The molecule has 1 heteroatoms. The monoisotopic (exact) mass is 224 g/mol. The molecular weight excluding hydrogens is 196 g/mol. The number of carbonyl (C=O) groups is 1. The zero-order valence-corrected chi connectivity index (χ0v) is 11.2. The number of ketones is 1. The normalized spacial score (nSPS) is 10.4. The van der Waals surface area contributed by atoms with Crippen molar-refractivity contribution in [1.29, 1.82) is 0 Å². The second-order valence-corrected chi connectivity index (χ2v) is 4.74. The zero-order chi connectivity index (χ0) is 12.2. The van der Waals surface area contributed by atoms with Crippen molar-refractivity contribution in [2.45, 2.75) is 78.1 Å². The van der Waals surface area contributed by atoms with Gasteiger partial charge >= 0.3 is 0 Å². The van der Waals surface area contributed by atoms with Crippen LogP contribution in [0, 0.1) is 0 Å². The smallest absolute Gasteiger partial charge is 0.155 e. The summed E-state index contributed by atoms with van der Waals surface area (Å²) in [6, 6.07) is 0. The molecule has 0 saturated heterocycles. The molecule has 0 aliphatic carbocycles. The van der Waals surface area contributed by atoms with Crippen molar-refractivity contribution in [3.05, 3.63) is 12.2 Å². The van der Waals surface area contributed by atoms with Crippen molar-refractivity contribution in [1.82, 2.24) is 0 Å². The summed E-state index contributed by atoms with van der Waals surface area (Å²) in [5.74, 6) is 0.152. The molecule has 0 aromatic carbocycles. The summed E-state index contributed by atoms with van der Waals surface area (Å²) in [5.41, 5.74) is 0.794. The van der Waals surface area contributed by atoms with Gasteiger partial charge in [0.05, 0.1) is 0 Å². The predicted molar refractivity (Wildman–Crippen MR) is 71.7 cm³/mol. The van der Waals surface area contributed by atoms with Gasteiger partial charge in [-0.05, 0) is 25.3 Å². The first-order valence-corrected chi connectivity index (χ1v) is 6.87. The summed E-state index contributed by atoms with van der Waals surface area (Å²) < 4.78 is 0. The highest BCUT2D eigenvalue weighted by Crippen LogP contribution is 2.12. The highest BCUT2D eigenvalue weighted by Gasteiger charge is 1.99. The summed E-state index contributed by atoms with van der Waals surface area (Å²) in [6.45, 7) is 7.63. The van der Waals surface area contributed by atoms with Gasteiger partial charge in [0.15, 0.2) is 5.78 Å². The maximum Gasteiger partial charge on any atom is 0.155 e. The number of Topliss-reactive ketones (excluding diaryl/α,β-unsaturated/α-hetero) is 1. The first-order chi connectivity index (χ1) is 7.68. The van der Waals surface area contributed by atoms with Crippen LogP contribution >= 0.6 is 0 Å². The van der Waals surface area contributed by atoms with E-state index in [-0.39, 0.29) is 5.78 Å². The predicted octanol–water partition coefficient (Wildman–Crippen LogP) is 5.05. The molecular formula is C15H28O. The molecule has 0 heterocycles. The molecule has 0 radical (unpaired) electrons. The summed E-state index contributed by atoms with van der Waals surface area (Å²) >= 11 is 0. The van der Waals surface area contributed by atoms with E-state index in [4.69, 9.17) is 0 Å². The molecule has 0 N–H and O–H groups in total. The van der Waals surface area contributed by atoms with Crippen LogP contribution in [0.15, 0.2) is 12.2 Å². The molecule has 0 spiro atoms. The Hall–Kier alpha value is -0.590. The van der Waals surface area contributed by atoms with E-state index in [0.29, 0.717) is 0 Å². The quantitative estimate of drug-likeness (QED) is 0.354. The van der Waals surface area contributed by atoms with E-state index in [9.17, 15) is 4.79 Å². The van der Waals surface area contributed by atoms with Crippen LogP contribution in [0.4, 0.5) is 0 Å². The van der Waals surface area contributed by atoms with Gasteiger partial charge in [0.2, 0.25) is 0 Å². The summed E-state index contributed by atoms with van der Waals surface area (Å²) in [4.78, 5) is 10.9. The van der Waals surface area contributed by atoms with Gasteiger partial charge in [0.25, 0.3) is 0 Å². The minimum Gasteiger partial charge on any atom is -0.295 e. The summed E-state index contributed by atoms with van der Waals surface area (Å²) in [5, 5.41) is 0. The maximum atomic E-state index is 10.9. The largest absolute Gasteiger partial charge is 0.295 e. The highest BCUT2D eigenvalue weighted by atomic mass is 16.1. The van der Waals surface area contributed by atoms with Crippen LogP contribution in [0.25, 0.3) is 0 Å². The Morgan fingerprint density at radius 1 is 0.875 bits per heavy atom. The minimum atomic E-state index is 0.152. The first-order valence-electron chi connectivity index (χ1n) is 6.87. The van der Waals surface area contributed by atoms with Gasteiger partial charge in [-0.3, -0.25) is 4.79 Å². The average molecular weight is 224 g/mol. The van der Waals surface area contributed by atoms with Gasteiger partial charge in [-0.15, -0.1) is 0 Å². The van der Waals surface area contributed by atoms with Gasteiger partial charge in [-0.1, -0.05) is 64.9 Å². The van der Waals surface area contributed by atoms with E-state index < -0.39 is 0 Å². The fourth-order valence-electron chi connectivity index (χ4n) is 1.83. The third-order valence-electron chi connectivity index (χ3n) is 3.08. The number of hydrogen-bond acceptors (Lipinski definition) is 1. The Morgan fingerprint density at radius 3 is 1.75 bits per heavy atom. The minimum absolute atomic E-state index is 0.152. The molecule has 0 unspecified atom stereocenters. The molecule has 0 fully saturated rings. The Bertz CT molecular complexity index is 194. The molecule has 94 valence electrons. The van der Waals surface area contributed by atoms with Gasteiger partial charge in [0.1, 0.15) is 0 Å². The van der Waals surface area contributed by atoms with E-state index in [1.807, 2.05) is 0 Å². The second-order valence-electron chi connectivity index (χ2n) is 4.74. The fraction of sp³-hybridized carbons (Fsp3) is 0.800. The number of rotatable bonds is 11. The summed E-state index contributed by atoms with van der Waals surface area (Å²) in [6.07, 6.45) is 12.8. The van der Waals surface area contributed by atoms with Gasteiger partial charge < -0.3 is 0 Å². The highest BCUT2D eigenvalue weighted by molar-refractivity contribution is 5.92. The van der Waals surface area contributed by atoms with Crippen molar-refractivity contribution < 1.29 is 4.79 Å². The lowest BCUT2D eigenvalue weighted by molar-refractivity contribution is -0.113. The van der Waals surface area contributed by atoms with Crippen LogP contribution in [0.5, 0.6) is 0 Å². The lowest BCUT2D eigenvalue weighted by Gasteiger charge is -2.02. The Kier molecular flexibility index (Phi) is 10.5. The number of hydrogen-bond donors (Lipinski definition) is 0. The Morgan fingerprint density at radius 2 is 1.31 bits per heavy atom. The summed E-state index contributed by atoms with van der Waals surface area (Å²) in [7, 11) is 0. The number of unbranched alkanes of at least 4 members (excludes halogenated alkanes) is 8. The molecule has 0 aromatic heterocycles. The van der Waals surface area contributed by atoms with E-state index in [1.165, 1.54) is 51.4 Å². The molecule has 0 aliphatic rings. The van der Waals surface area contributed by atoms with Crippen LogP contribution in [-0.4, -0.2) is 5.78 Å². The van der Waals surface area contributed by atoms with Crippen LogP contribution in [0.3, 0.4) is 0 Å². The molecule has 0 atom stereocenters. The molecule has 0 saturated carbocycles. The van der Waals surface area contributed by atoms with Crippen molar-refractivity contribution in [2.24, 2.45) is 0 Å². The average Bonchev–Trinajstić information content (AvgIpc) is 2.26. The zero-order valence-electron chi connectivity index (χ0n) is 11.2. The number of allylic oxidation sites excluding steroid dienone is 1. The molecule has 0 amide bonds. The van der Waals surface area contributed by atoms with Crippen LogP contribution in [0.1, 0.15) is 78.1 Å². The fourth-order valence-corrected chi connectivity index (χ4v) is 1.83. The topological polar surface area (TPSA) is 17.1 Å². The lowest BCUT2D eigenvalue weighted by atomic mass is 10.0. The van der Waals surface area contributed by atoms with E-state index in [2.05, 4.69) is 13.5 Å². The van der Waals surface area contributed by atoms with E-state index >= 15 is 0 Å². The third kappa shape index (κ3) is 9.95. The van der Waals surface area contributed by atoms with Crippen LogP contribution < -0.4 is 0 Å². The molecule has 1 nitrogen and oxygen atoms in total. The molecule has 0 rings (SSSR count). The number of carbonyl (C=O) groups excluding carboxylic acids is 1. The van der Waals surface area contributed by atoms with E-state index in [0.717, 1.165) is 18.4 Å². The Balaban J connectivity index is 3.10. The van der Waals surface area contributed by atoms with Crippen LogP contribution in [0.2, 0.25) is 0 Å². The van der Waals surface area contributed by atoms with Crippen molar-refractivity contribution in [2.75, 3.05) is 0 Å². The maximum absolute atomic E-state index is 10.9. The van der Waals surface area contributed by atoms with Crippen molar-refractivity contribution >= 4 is 5.78 Å². The molecule has 0 aliphatic heterocycles. The Labute approximate surface area is 101 Å². The third-order valence-corrected chi connectivity index (χ3v) is 3.08. The standard InChI is InChI=1S/C15H28O/c1-4-5-6-7-8-9-10-11-12-13-14(2)15(3)16/h2,4-13H2,1,3H3. The van der Waals surface area contributed by atoms with Crippen molar-refractivity contribution in [3.63, 3.8) is 0 Å². The molecule has 16 heavy (non-hydrogen) atoms. The molecule has 0 aromatic rings.